The van der Waals surface area contributed by atoms with Gasteiger partial charge in [-0.2, -0.15) is 0 Å². The van der Waals surface area contributed by atoms with Gasteiger partial charge in [0.25, 0.3) is 0 Å². The topological polar surface area (TPSA) is 30.2 Å². The summed E-state index contributed by atoms with van der Waals surface area (Å²) in [4.78, 5) is 11.6. The van der Waals surface area contributed by atoms with E-state index in [1.165, 1.54) is 0 Å². The SMILES string of the molecule is C#CCCCC(=O)c1ccoc1CC. The van der Waals surface area contributed by atoms with E-state index in [0.29, 0.717) is 18.4 Å². The highest BCUT2D eigenvalue weighted by Gasteiger charge is 2.12. The normalized spacial score (nSPS) is 9.71. The molecule has 0 unspecified atom stereocenters. The molecular weight excluding hydrogens is 176 g/mol. The van der Waals surface area contributed by atoms with E-state index in [1.54, 1.807) is 12.3 Å². The maximum absolute atomic E-state index is 11.6. The molecule has 0 aliphatic carbocycles. The lowest BCUT2D eigenvalue weighted by Gasteiger charge is -1.98. The Morgan fingerprint density at radius 3 is 3.07 bits per heavy atom. The molecule has 0 aromatic carbocycles. The first-order chi connectivity index (χ1) is 6.79. The zero-order valence-corrected chi connectivity index (χ0v) is 8.38. The van der Waals surface area contributed by atoms with Crippen molar-refractivity contribution in [3.63, 3.8) is 0 Å². The zero-order valence-electron chi connectivity index (χ0n) is 8.38. The molecule has 0 N–H and O–H groups in total. The van der Waals surface area contributed by atoms with Crippen LogP contribution < -0.4 is 0 Å². The molecule has 0 aliphatic rings. The minimum absolute atomic E-state index is 0.130. The van der Waals surface area contributed by atoms with Gasteiger partial charge in [-0.1, -0.05) is 6.92 Å². The van der Waals surface area contributed by atoms with E-state index in [2.05, 4.69) is 5.92 Å². The van der Waals surface area contributed by atoms with Gasteiger partial charge in [-0.25, -0.2) is 0 Å². The molecule has 1 aromatic rings. The summed E-state index contributed by atoms with van der Waals surface area (Å²) in [5.74, 6) is 3.43. The van der Waals surface area contributed by atoms with Gasteiger partial charge in [-0.05, 0) is 12.5 Å². The molecule has 14 heavy (non-hydrogen) atoms. The van der Waals surface area contributed by atoms with Crippen molar-refractivity contribution in [2.75, 3.05) is 0 Å². The number of unbranched alkanes of at least 4 members (excludes halogenated alkanes) is 1. The highest BCUT2D eigenvalue weighted by atomic mass is 16.3. The molecule has 2 heteroatoms. The van der Waals surface area contributed by atoms with Gasteiger partial charge in [-0.3, -0.25) is 4.79 Å². The van der Waals surface area contributed by atoms with Crippen LogP contribution in [0.3, 0.4) is 0 Å². The van der Waals surface area contributed by atoms with Crippen LogP contribution in [0, 0.1) is 12.3 Å². The standard InChI is InChI=1S/C12H14O2/c1-3-5-6-7-11(13)10-8-9-14-12(10)4-2/h1,8-9H,4-7H2,2H3. The summed E-state index contributed by atoms with van der Waals surface area (Å²) in [6.07, 6.45) is 9.35. The number of ketones is 1. The summed E-state index contributed by atoms with van der Waals surface area (Å²) in [6.45, 7) is 1.97. The third-order valence-electron chi connectivity index (χ3n) is 2.09. The molecule has 0 radical (unpaired) electrons. The van der Waals surface area contributed by atoms with E-state index in [9.17, 15) is 4.79 Å². The quantitative estimate of drug-likeness (QED) is 0.406. The third kappa shape index (κ3) is 2.50. The number of aryl methyl sites for hydroxylation is 1. The van der Waals surface area contributed by atoms with E-state index in [4.69, 9.17) is 10.8 Å². The summed E-state index contributed by atoms with van der Waals surface area (Å²) >= 11 is 0. The zero-order chi connectivity index (χ0) is 10.4. The first kappa shape index (κ1) is 10.6. The number of rotatable bonds is 5. The number of hydrogen-bond donors (Lipinski definition) is 0. The average molecular weight is 190 g/mol. The lowest BCUT2D eigenvalue weighted by Crippen LogP contribution is -2.00. The van der Waals surface area contributed by atoms with Gasteiger partial charge in [0.2, 0.25) is 0 Å². The van der Waals surface area contributed by atoms with Crippen molar-refractivity contribution >= 4 is 5.78 Å². The fourth-order valence-electron chi connectivity index (χ4n) is 1.35. The molecule has 0 fully saturated rings. The van der Waals surface area contributed by atoms with Gasteiger partial charge < -0.3 is 4.42 Å². The van der Waals surface area contributed by atoms with Crippen molar-refractivity contribution in [2.24, 2.45) is 0 Å². The van der Waals surface area contributed by atoms with Gasteiger partial charge in [0.05, 0.1) is 11.8 Å². The molecule has 2 nitrogen and oxygen atoms in total. The third-order valence-corrected chi connectivity index (χ3v) is 2.09. The maximum Gasteiger partial charge on any atom is 0.166 e. The Bertz CT molecular complexity index is 341. The molecule has 0 saturated carbocycles. The Hall–Kier alpha value is -1.49. The number of hydrogen-bond acceptors (Lipinski definition) is 2. The van der Waals surface area contributed by atoms with Crippen LogP contribution in [0.4, 0.5) is 0 Å². The van der Waals surface area contributed by atoms with Crippen LogP contribution >= 0.6 is 0 Å². The van der Waals surface area contributed by atoms with Crippen LogP contribution in [-0.4, -0.2) is 5.78 Å². The highest BCUT2D eigenvalue weighted by Crippen LogP contribution is 2.14. The van der Waals surface area contributed by atoms with Crippen LogP contribution in [0.15, 0.2) is 16.7 Å². The first-order valence-electron chi connectivity index (χ1n) is 4.82. The Morgan fingerprint density at radius 1 is 1.64 bits per heavy atom. The van der Waals surface area contributed by atoms with Crippen LogP contribution in [-0.2, 0) is 6.42 Å². The molecule has 1 aromatic heterocycles. The number of carbonyl (C=O) groups is 1. The summed E-state index contributed by atoms with van der Waals surface area (Å²) in [6, 6.07) is 1.73. The van der Waals surface area contributed by atoms with Crippen molar-refractivity contribution < 1.29 is 9.21 Å². The van der Waals surface area contributed by atoms with Gasteiger partial charge in [0.15, 0.2) is 5.78 Å². The number of carbonyl (C=O) groups excluding carboxylic acids is 1. The van der Waals surface area contributed by atoms with Gasteiger partial charge >= 0.3 is 0 Å². The summed E-state index contributed by atoms with van der Waals surface area (Å²) in [7, 11) is 0. The van der Waals surface area contributed by atoms with Crippen molar-refractivity contribution in [3.05, 3.63) is 23.7 Å². The Morgan fingerprint density at radius 2 is 2.43 bits per heavy atom. The molecular formula is C12H14O2. The Balaban J connectivity index is 2.57. The molecule has 74 valence electrons. The van der Waals surface area contributed by atoms with Crippen LogP contribution in [0.1, 0.15) is 42.3 Å². The molecule has 0 amide bonds. The highest BCUT2D eigenvalue weighted by molar-refractivity contribution is 5.96. The number of Topliss-reactive ketones (excluding diaryl/α,β-unsaturated/α-hetero) is 1. The number of furan rings is 1. The number of terminal acetylenes is 1. The Kier molecular flexibility index (Phi) is 4.00. The fourth-order valence-corrected chi connectivity index (χ4v) is 1.35. The van der Waals surface area contributed by atoms with Gasteiger partial charge in [0.1, 0.15) is 5.76 Å². The second-order valence-electron chi connectivity index (χ2n) is 3.09. The van der Waals surface area contributed by atoms with Crippen LogP contribution in [0.5, 0.6) is 0 Å². The van der Waals surface area contributed by atoms with Gasteiger partial charge in [-0.15, -0.1) is 12.3 Å². The smallest absolute Gasteiger partial charge is 0.166 e. The first-order valence-corrected chi connectivity index (χ1v) is 4.82. The molecule has 0 atom stereocenters. The van der Waals surface area contributed by atoms with Crippen molar-refractivity contribution in [1.29, 1.82) is 0 Å². The molecule has 0 saturated heterocycles. The predicted octanol–water partition coefficient (Wildman–Crippen LogP) is 2.83. The fraction of sp³-hybridized carbons (Fsp3) is 0.417. The van der Waals surface area contributed by atoms with Crippen LogP contribution in [0.25, 0.3) is 0 Å². The second-order valence-corrected chi connectivity index (χ2v) is 3.09. The Labute approximate surface area is 84.3 Å². The summed E-state index contributed by atoms with van der Waals surface area (Å²) in [5.41, 5.74) is 0.713. The van der Waals surface area contributed by atoms with Crippen molar-refractivity contribution in [3.8, 4) is 12.3 Å². The molecule has 0 aliphatic heterocycles. The monoisotopic (exact) mass is 190 g/mol. The second kappa shape index (κ2) is 5.29. The maximum atomic E-state index is 11.6. The molecule has 1 heterocycles. The lowest BCUT2D eigenvalue weighted by molar-refractivity contribution is 0.0978. The average Bonchev–Trinajstić information content (AvgIpc) is 2.65. The van der Waals surface area contributed by atoms with Crippen molar-refractivity contribution in [2.45, 2.75) is 32.6 Å². The van der Waals surface area contributed by atoms with E-state index in [0.717, 1.165) is 18.6 Å². The molecule has 1 rings (SSSR count). The van der Waals surface area contributed by atoms with E-state index in [-0.39, 0.29) is 5.78 Å². The molecule has 0 bridgehead atoms. The summed E-state index contributed by atoms with van der Waals surface area (Å²) < 4.78 is 5.18. The minimum atomic E-state index is 0.130. The predicted molar refractivity (Wildman–Crippen MR) is 55.1 cm³/mol. The van der Waals surface area contributed by atoms with E-state index in [1.807, 2.05) is 6.92 Å². The summed E-state index contributed by atoms with van der Waals surface area (Å²) in [5, 5.41) is 0. The molecule has 0 spiro atoms. The lowest BCUT2D eigenvalue weighted by atomic mass is 10.1. The van der Waals surface area contributed by atoms with Crippen LogP contribution in [0.2, 0.25) is 0 Å². The largest absolute Gasteiger partial charge is 0.469 e. The van der Waals surface area contributed by atoms with E-state index >= 15 is 0 Å². The van der Waals surface area contributed by atoms with E-state index < -0.39 is 0 Å². The minimum Gasteiger partial charge on any atom is -0.469 e. The van der Waals surface area contributed by atoms with Gasteiger partial charge in [0, 0.05) is 19.3 Å². The van der Waals surface area contributed by atoms with Crippen molar-refractivity contribution in [1.82, 2.24) is 0 Å².